The number of ether oxygens (including phenoxy) is 2. The monoisotopic (exact) mass is 347 g/mol. The van der Waals surface area contributed by atoms with E-state index in [0.717, 1.165) is 11.3 Å². The summed E-state index contributed by atoms with van der Waals surface area (Å²) in [6, 6.07) is 12.6. The Bertz CT molecular complexity index is 715. The number of rotatable bonds is 5. The quantitative estimate of drug-likeness (QED) is 0.567. The van der Waals surface area contributed by atoms with Crippen molar-refractivity contribution in [3.8, 4) is 0 Å². The number of H-pyrrole nitrogens is 1. The Morgan fingerprint density at radius 3 is 2.62 bits per heavy atom. The summed E-state index contributed by atoms with van der Waals surface area (Å²) in [5.74, 6) is -0.452. The molecule has 8 heteroatoms. The van der Waals surface area contributed by atoms with Gasteiger partial charge in [-0.15, -0.1) is 0 Å². The zero-order valence-corrected chi connectivity index (χ0v) is 13.8. The SMILES string of the molecule is COC(=O)c1ccc(CNC(=S)NC(=O)OCc2ccccc2)[nH]1. The molecular formula is C16H17N3O4S. The van der Waals surface area contributed by atoms with Crippen molar-refractivity contribution in [2.45, 2.75) is 13.2 Å². The first kappa shape index (κ1) is 17.5. The summed E-state index contributed by atoms with van der Waals surface area (Å²) in [5, 5.41) is 5.38. The lowest BCUT2D eigenvalue weighted by atomic mass is 10.2. The third kappa shape index (κ3) is 5.40. The molecular weight excluding hydrogens is 330 g/mol. The summed E-state index contributed by atoms with van der Waals surface area (Å²) in [6.45, 7) is 0.475. The molecule has 0 saturated heterocycles. The summed E-state index contributed by atoms with van der Waals surface area (Å²) in [6.07, 6.45) is -0.641. The van der Waals surface area contributed by atoms with Crippen molar-refractivity contribution in [2.24, 2.45) is 0 Å². The van der Waals surface area contributed by atoms with Gasteiger partial charge in [-0.25, -0.2) is 9.59 Å². The Hall–Kier alpha value is -2.87. The number of hydrogen-bond acceptors (Lipinski definition) is 5. The van der Waals surface area contributed by atoms with Crippen LogP contribution in [0.5, 0.6) is 0 Å². The van der Waals surface area contributed by atoms with Crippen molar-refractivity contribution < 1.29 is 19.1 Å². The second-order valence-corrected chi connectivity index (χ2v) is 5.17. The van der Waals surface area contributed by atoms with Gasteiger partial charge in [-0.2, -0.15) is 0 Å². The maximum absolute atomic E-state index is 11.6. The first-order chi connectivity index (χ1) is 11.6. The lowest BCUT2D eigenvalue weighted by Gasteiger charge is -2.09. The van der Waals surface area contributed by atoms with Gasteiger partial charge < -0.3 is 19.8 Å². The number of methoxy groups -OCH3 is 1. The van der Waals surface area contributed by atoms with Gasteiger partial charge in [0.05, 0.1) is 13.7 Å². The summed E-state index contributed by atoms with van der Waals surface area (Å²) >= 11 is 5.01. The molecule has 0 atom stereocenters. The lowest BCUT2D eigenvalue weighted by Crippen LogP contribution is -2.39. The third-order valence-electron chi connectivity index (χ3n) is 3.02. The number of esters is 1. The molecule has 126 valence electrons. The predicted octanol–water partition coefficient (Wildman–Crippen LogP) is 2.10. The van der Waals surface area contributed by atoms with Crippen LogP contribution in [0.4, 0.5) is 4.79 Å². The molecule has 0 aliphatic rings. The maximum atomic E-state index is 11.6. The minimum Gasteiger partial charge on any atom is -0.464 e. The van der Waals surface area contributed by atoms with Crippen molar-refractivity contribution in [3.05, 3.63) is 59.4 Å². The molecule has 0 saturated carbocycles. The molecule has 2 aromatic rings. The van der Waals surface area contributed by atoms with Gasteiger partial charge >= 0.3 is 12.1 Å². The fourth-order valence-electron chi connectivity index (χ4n) is 1.84. The minimum absolute atomic E-state index is 0.127. The lowest BCUT2D eigenvalue weighted by molar-refractivity contribution is 0.0594. The van der Waals surface area contributed by atoms with Gasteiger partial charge in [0, 0.05) is 5.69 Å². The number of nitrogens with one attached hydrogen (secondary N) is 3. The average Bonchev–Trinajstić information content (AvgIpc) is 3.07. The van der Waals surface area contributed by atoms with Crippen LogP contribution in [-0.4, -0.2) is 29.3 Å². The second-order valence-electron chi connectivity index (χ2n) is 4.76. The fourth-order valence-corrected chi connectivity index (χ4v) is 2.00. The van der Waals surface area contributed by atoms with Crippen LogP contribution in [-0.2, 0) is 22.6 Å². The van der Waals surface area contributed by atoms with Crippen LogP contribution in [0.2, 0.25) is 0 Å². The van der Waals surface area contributed by atoms with Crippen LogP contribution in [0, 0.1) is 0 Å². The summed E-state index contributed by atoms with van der Waals surface area (Å²) < 4.78 is 9.66. The van der Waals surface area contributed by atoms with Gasteiger partial charge in [0.15, 0.2) is 5.11 Å². The summed E-state index contributed by atoms with van der Waals surface area (Å²) in [7, 11) is 1.31. The molecule has 7 nitrogen and oxygen atoms in total. The predicted molar refractivity (Wildman–Crippen MR) is 91.3 cm³/mol. The van der Waals surface area contributed by atoms with Crippen molar-refractivity contribution in [2.75, 3.05) is 7.11 Å². The standard InChI is InChI=1S/C16H17N3O4S/c1-22-14(20)13-8-7-12(18-13)9-17-15(24)19-16(21)23-10-11-5-3-2-4-6-11/h2-8,18H,9-10H2,1H3,(H2,17,19,21,24). The van der Waals surface area contributed by atoms with Crippen LogP contribution in [0.15, 0.2) is 42.5 Å². The van der Waals surface area contributed by atoms with Gasteiger partial charge in [0.1, 0.15) is 12.3 Å². The Balaban J connectivity index is 1.71. The van der Waals surface area contributed by atoms with E-state index in [1.807, 2.05) is 30.3 Å². The number of amides is 1. The molecule has 1 amide bonds. The molecule has 0 radical (unpaired) electrons. The molecule has 0 spiro atoms. The van der Waals surface area contributed by atoms with E-state index in [1.165, 1.54) is 7.11 Å². The Kier molecular flexibility index (Phi) is 6.32. The number of aromatic amines is 1. The van der Waals surface area contributed by atoms with E-state index in [-0.39, 0.29) is 11.7 Å². The van der Waals surface area contributed by atoms with Crippen molar-refractivity contribution in [3.63, 3.8) is 0 Å². The molecule has 1 heterocycles. The molecule has 3 N–H and O–H groups in total. The van der Waals surface area contributed by atoms with Gasteiger partial charge in [-0.05, 0) is 29.9 Å². The van der Waals surface area contributed by atoms with Gasteiger partial charge in [0.25, 0.3) is 0 Å². The highest BCUT2D eigenvalue weighted by atomic mass is 32.1. The van der Waals surface area contributed by atoms with E-state index in [1.54, 1.807) is 12.1 Å². The molecule has 0 aliphatic carbocycles. The molecule has 0 fully saturated rings. The third-order valence-corrected chi connectivity index (χ3v) is 3.27. The number of aromatic nitrogens is 1. The number of thiocarbonyl (C=S) groups is 1. The van der Waals surface area contributed by atoms with Gasteiger partial charge in [-0.1, -0.05) is 30.3 Å². The van der Waals surface area contributed by atoms with Crippen LogP contribution in [0.25, 0.3) is 0 Å². The van der Waals surface area contributed by atoms with E-state index >= 15 is 0 Å². The first-order valence-corrected chi connectivity index (χ1v) is 7.51. The van der Waals surface area contributed by atoms with E-state index in [2.05, 4.69) is 20.4 Å². The van der Waals surface area contributed by atoms with Crippen LogP contribution < -0.4 is 10.6 Å². The largest absolute Gasteiger partial charge is 0.464 e. The smallest absolute Gasteiger partial charge is 0.413 e. The van der Waals surface area contributed by atoms with E-state index < -0.39 is 12.1 Å². The second kappa shape index (κ2) is 8.68. The van der Waals surface area contributed by atoms with E-state index in [0.29, 0.717) is 12.2 Å². The highest BCUT2D eigenvalue weighted by Gasteiger charge is 2.09. The molecule has 0 unspecified atom stereocenters. The van der Waals surface area contributed by atoms with Crippen molar-refractivity contribution >= 4 is 29.4 Å². The Morgan fingerprint density at radius 1 is 1.17 bits per heavy atom. The number of hydrogen-bond donors (Lipinski definition) is 3. The zero-order chi connectivity index (χ0) is 17.4. The summed E-state index contributed by atoms with van der Waals surface area (Å²) in [5.41, 5.74) is 1.95. The zero-order valence-electron chi connectivity index (χ0n) is 13.0. The highest BCUT2D eigenvalue weighted by Crippen LogP contribution is 2.03. The normalized spacial score (nSPS) is 9.88. The first-order valence-electron chi connectivity index (χ1n) is 7.10. The molecule has 1 aromatic heterocycles. The Labute approximate surface area is 144 Å². The maximum Gasteiger partial charge on any atom is 0.413 e. The minimum atomic E-state index is -0.641. The topological polar surface area (TPSA) is 92.5 Å². The van der Waals surface area contributed by atoms with Crippen molar-refractivity contribution in [1.29, 1.82) is 0 Å². The van der Waals surface area contributed by atoms with Crippen LogP contribution in [0.3, 0.4) is 0 Å². The summed E-state index contributed by atoms with van der Waals surface area (Å²) in [4.78, 5) is 25.8. The Morgan fingerprint density at radius 2 is 1.92 bits per heavy atom. The average molecular weight is 347 g/mol. The van der Waals surface area contributed by atoms with Gasteiger partial charge in [0.2, 0.25) is 0 Å². The molecule has 1 aromatic carbocycles. The number of benzene rings is 1. The number of alkyl carbamates (subject to hydrolysis) is 1. The number of carbonyl (C=O) groups excluding carboxylic acids is 2. The van der Waals surface area contributed by atoms with E-state index in [4.69, 9.17) is 17.0 Å². The molecule has 24 heavy (non-hydrogen) atoms. The molecule has 0 aliphatic heterocycles. The highest BCUT2D eigenvalue weighted by molar-refractivity contribution is 7.80. The van der Waals surface area contributed by atoms with Crippen LogP contribution in [0.1, 0.15) is 21.7 Å². The van der Waals surface area contributed by atoms with Gasteiger partial charge in [-0.3, -0.25) is 5.32 Å². The molecule has 0 bridgehead atoms. The van der Waals surface area contributed by atoms with E-state index in [9.17, 15) is 9.59 Å². The number of carbonyl (C=O) groups is 2. The molecule has 2 rings (SSSR count). The van der Waals surface area contributed by atoms with Crippen LogP contribution >= 0.6 is 12.2 Å². The van der Waals surface area contributed by atoms with Crippen molar-refractivity contribution in [1.82, 2.24) is 15.6 Å². The fraction of sp³-hybridized carbons (Fsp3) is 0.188.